The molecule has 1 aromatic rings. The highest BCUT2D eigenvalue weighted by Crippen LogP contribution is 2.36. The fraction of sp³-hybridized carbons (Fsp3) is 0.273. The van der Waals surface area contributed by atoms with Gasteiger partial charge in [-0.25, -0.2) is 0 Å². The lowest BCUT2D eigenvalue weighted by molar-refractivity contribution is 1.28. The average molecular weight is 176 g/mol. The van der Waals surface area contributed by atoms with E-state index in [0.29, 0.717) is 0 Å². The smallest absolute Gasteiger partial charge is 0.0194 e. The SMILES string of the molecule is CC1=C(C)c2ccccc2SC1. The molecule has 62 valence electrons. The normalized spacial score (nSPS) is 16.2. The van der Waals surface area contributed by atoms with Crippen molar-refractivity contribution in [2.45, 2.75) is 18.7 Å². The number of allylic oxidation sites excluding steroid dienone is 1. The van der Waals surface area contributed by atoms with E-state index in [1.165, 1.54) is 21.6 Å². The van der Waals surface area contributed by atoms with Gasteiger partial charge in [-0.2, -0.15) is 0 Å². The van der Waals surface area contributed by atoms with Crippen molar-refractivity contribution in [1.29, 1.82) is 0 Å². The Kier molecular flexibility index (Phi) is 1.97. The molecule has 1 heteroatoms. The van der Waals surface area contributed by atoms with Crippen LogP contribution >= 0.6 is 11.8 Å². The molecule has 1 heterocycles. The predicted octanol–water partition coefficient (Wildman–Crippen LogP) is 3.59. The number of hydrogen-bond acceptors (Lipinski definition) is 1. The summed E-state index contributed by atoms with van der Waals surface area (Å²) in [7, 11) is 0. The van der Waals surface area contributed by atoms with Crippen molar-refractivity contribution in [3.05, 3.63) is 35.4 Å². The highest BCUT2D eigenvalue weighted by atomic mass is 32.2. The van der Waals surface area contributed by atoms with Crippen LogP contribution in [0.15, 0.2) is 34.7 Å². The van der Waals surface area contributed by atoms with Gasteiger partial charge in [-0.1, -0.05) is 23.8 Å². The van der Waals surface area contributed by atoms with E-state index in [4.69, 9.17) is 0 Å². The summed E-state index contributed by atoms with van der Waals surface area (Å²) in [5, 5.41) is 0. The zero-order chi connectivity index (χ0) is 8.55. The molecular formula is C11H12S. The van der Waals surface area contributed by atoms with Crippen molar-refractivity contribution in [1.82, 2.24) is 0 Å². The highest BCUT2D eigenvalue weighted by Gasteiger charge is 2.11. The van der Waals surface area contributed by atoms with Crippen molar-refractivity contribution < 1.29 is 0 Å². The van der Waals surface area contributed by atoms with Crippen molar-refractivity contribution in [2.24, 2.45) is 0 Å². The Balaban J connectivity index is 2.59. The van der Waals surface area contributed by atoms with E-state index in [1.54, 1.807) is 0 Å². The van der Waals surface area contributed by atoms with Crippen molar-refractivity contribution in [2.75, 3.05) is 5.75 Å². The third-order valence-electron chi connectivity index (χ3n) is 2.38. The summed E-state index contributed by atoms with van der Waals surface area (Å²) >= 11 is 1.94. The van der Waals surface area contributed by atoms with Crippen LogP contribution in [0.4, 0.5) is 0 Å². The molecule has 1 aliphatic heterocycles. The van der Waals surface area contributed by atoms with Gasteiger partial charge < -0.3 is 0 Å². The minimum absolute atomic E-state index is 1.16. The Hall–Kier alpha value is -0.690. The molecule has 1 aromatic carbocycles. The van der Waals surface area contributed by atoms with Crippen LogP contribution in [0, 0.1) is 0 Å². The summed E-state index contributed by atoms with van der Waals surface area (Å²) < 4.78 is 0. The maximum Gasteiger partial charge on any atom is 0.0194 e. The van der Waals surface area contributed by atoms with E-state index >= 15 is 0 Å². The number of thioether (sulfide) groups is 1. The minimum Gasteiger partial charge on any atom is -0.121 e. The molecule has 0 amide bonds. The second-order valence-corrected chi connectivity index (χ2v) is 4.21. The fourth-order valence-electron chi connectivity index (χ4n) is 1.43. The molecule has 0 aromatic heterocycles. The predicted molar refractivity (Wildman–Crippen MR) is 55.4 cm³/mol. The van der Waals surface area contributed by atoms with Gasteiger partial charge in [0.25, 0.3) is 0 Å². The maximum absolute atomic E-state index is 2.22. The minimum atomic E-state index is 1.16. The Morgan fingerprint density at radius 2 is 1.92 bits per heavy atom. The van der Waals surface area contributed by atoms with Crippen LogP contribution in [0.3, 0.4) is 0 Å². The monoisotopic (exact) mass is 176 g/mol. The largest absolute Gasteiger partial charge is 0.121 e. The zero-order valence-electron chi connectivity index (χ0n) is 7.42. The van der Waals surface area contributed by atoms with Crippen molar-refractivity contribution in [3.63, 3.8) is 0 Å². The topological polar surface area (TPSA) is 0 Å². The van der Waals surface area contributed by atoms with Crippen LogP contribution < -0.4 is 0 Å². The van der Waals surface area contributed by atoms with Crippen LogP contribution in [-0.2, 0) is 0 Å². The van der Waals surface area contributed by atoms with E-state index in [0.717, 1.165) is 5.75 Å². The average Bonchev–Trinajstić information content (AvgIpc) is 2.12. The van der Waals surface area contributed by atoms with Gasteiger partial charge in [-0.15, -0.1) is 11.8 Å². The molecule has 0 atom stereocenters. The summed E-state index contributed by atoms with van der Waals surface area (Å²) in [6.45, 7) is 4.44. The molecule has 12 heavy (non-hydrogen) atoms. The molecule has 0 saturated heterocycles. The Morgan fingerprint density at radius 1 is 1.17 bits per heavy atom. The first-order valence-electron chi connectivity index (χ1n) is 4.17. The van der Waals surface area contributed by atoms with Crippen LogP contribution in [-0.4, -0.2) is 5.75 Å². The first-order chi connectivity index (χ1) is 5.79. The number of fused-ring (bicyclic) bond motifs is 1. The lowest BCUT2D eigenvalue weighted by Gasteiger charge is -2.17. The van der Waals surface area contributed by atoms with Gasteiger partial charge in [0.05, 0.1) is 0 Å². The number of rotatable bonds is 0. The zero-order valence-corrected chi connectivity index (χ0v) is 8.24. The molecular weight excluding hydrogens is 164 g/mol. The second kappa shape index (κ2) is 2.98. The van der Waals surface area contributed by atoms with Crippen molar-refractivity contribution in [3.8, 4) is 0 Å². The van der Waals surface area contributed by atoms with Gasteiger partial charge in [0, 0.05) is 10.6 Å². The first kappa shape index (κ1) is 7.93. The van der Waals surface area contributed by atoms with E-state index in [-0.39, 0.29) is 0 Å². The molecule has 0 radical (unpaired) electrons. The molecule has 0 bridgehead atoms. The van der Waals surface area contributed by atoms with Crippen molar-refractivity contribution >= 4 is 17.3 Å². The summed E-state index contributed by atoms with van der Waals surface area (Å²) in [5.41, 5.74) is 4.40. The quantitative estimate of drug-likeness (QED) is 0.582. The summed E-state index contributed by atoms with van der Waals surface area (Å²) in [5.74, 6) is 1.16. The summed E-state index contributed by atoms with van der Waals surface area (Å²) in [6.07, 6.45) is 0. The van der Waals surface area contributed by atoms with E-state index in [2.05, 4.69) is 38.1 Å². The van der Waals surface area contributed by atoms with Crippen LogP contribution in [0.25, 0.3) is 5.57 Å². The van der Waals surface area contributed by atoms with Crippen LogP contribution in [0.5, 0.6) is 0 Å². The van der Waals surface area contributed by atoms with Gasteiger partial charge in [-0.05, 0) is 31.1 Å². The summed E-state index contributed by atoms with van der Waals surface area (Å²) in [6, 6.07) is 8.64. The van der Waals surface area contributed by atoms with Gasteiger partial charge in [-0.3, -0.25) is 0 Å². The van der Waals surface area contributed by atoms with Crippen LogP contribution in [0.2, 0.25) is 0 Å². The van der Waals surface area contributed by atoms with E-state index < -0.39 is 0 Å². The van der Waals surface area contributed by atoms with E-state index in [9.17, 15) is 0 Å². The molecule has 0 nitrogen and oxygen atoms in total. The molecule has 0 aliphatic carbocycles. The standard InChI is InChI=1S/C11H12S/c1-8-7-12-11-6-4-3-5-10(11)9(8)2/h3-6H,7H2,1-2H3. The fourth-order valence-corrected chi connectivity index (χ4v) is 2.57. The van der Waals surface area contributed by atoms with E-state index in [1.807, 2.05) is 11.8 Å². The molecule has 1 aliphatic rings. The first-order valence-corrected chi connectivity index (χ1v) is 5.16. The third-order valence-corrected chi connectivity index (χ3v) is 3.62. The van der Waals surface area contributed by atoms with Gasteiger partial charge in [0.15, 0.2) is 0 Å². The lowest BCUT2D eigenvalue weighted by atomic mass is 10.0. The lowest BCUT2D eigenvalue weighted by Crippen LogP contribution is -1.96. The van der Waals surface area contributed by atoms with Gasteiger partial charge in [0.1, 0.15) is 0 Å². The molecule has 0 unspecified atom stereocenters. The molecule has 0 saturated carbocycles. The molecule has 0 N–H and O–H groups in total. The van der Waals surface area contributed by atoms with Crippen LogP contribution in [0.1, 0.15) is 19.4 Å². The number of benzene rings is 1. The third kappa shape index (κ3) is 1.18. The highest BCUT2D eigenvalue weighted by molar-refractivity contribution is 7.99. The number of hydrogen-bond donors (Lipinski definition) is 0. The molecule has 0 fully saturated rings. The summed E-state index contributed by atoms with van der Waals surface area (Å²) in [4.78, 5) is 1.43. The Morgan fingerprint density at radius 3 is 2.75 bits per heavy atom. The molecule has 0 spiro atoms. The Labute approximate surface area is 77.7 Å². The van der Waals surface area contributed by atoms with Gasteiger partial charge >= 0.3 is 0 Å². The van der Waals surface area contributed by atoms with Gasteiger partial charge in [0.2, 0.25) is 0 Å². The Bertz CT molecular complexity index is 337. The maximum atomic E-state index is 2.22. The molecule has 2 rings (SSSR count). The second-order valence-electron chi connectivity index (χ2n) is 3.19.